The van der Waals surface area contributed by atoms with Gasteiger partial charge in [-0.15, -0.1) is 0 Å². The molecule has 1 aromatic carbocycles. The van der Waals surface area contributed by atoms with E-state index < -0.39 is 5.97 Å². The maximum atomic E-state index is 10.4. The third kappa shape index (κ3) is 6.43. The molecule has 2 heteroatoms. The molecule has 0 aliphatic rings. The predicted octanol–water partition coefficient (Wildman–Crippen LogP) is 4.07. The van der Waals surface area contributed by atoms with E-state index in [2.05, 4.69) is 38.1 Å². The highest BCUT2D eigenvalue weighted by Crippen LogP contribution is 2.12. The Morgan fingerprint density at radius 1 is 1.06 bits per heavy atom. The normalized spacial score (nSPS) is 10.8. The molecule has 1 aromatic rings. The molecule has 0 aromatic heterocycles. The molecular weight excluding hydrogens is 224 g/mol. The van der Waals surface area contributed by atoms with Gasteiger partial charge in [-0.25, -0.2) is 0 Å². The summed E-state index contributed by atoms with van der Waals surface area (Å²) in [5, 5.41) is 8.55. The van der Waals surface area contributed by atoms with E-state index in [0.29, 0.717) is 0 Å². The molecule has 0 spiro atoms. The molecule has 0 heterocycles. The Labute approximate surface area is 110 Å². The van der Waals surface area contributed by atoms with E-state index >= 15 is 0 Å². The number of hydrogen-bond acceptors (Lipinski definition) is 1. The molecule has 0 unspecified atom stereocenters. The molecule has 1 N–H and O–H groups in total. The lowest BCUT2D eigenvalue weighted by atomic mass is 10.00. The summed E-state index contributed by atoms with van der Waals surface area (Å²) in [5.41, 5.74) is 2.71. The number of carbonyl (C=O) groups is 1. The number of aliphatic carboxylic acids is 1. The van der Waals surface area contributed by atoms with Crippen molar-refractivity contribution in [3.63, 3.8) is 0 Å². The van der Waals surface area contributed by atoms with Crippen molar-refractivity contribution in [3.8, 4) is 0 Å². The summed E-state index contributed by atoms with van der Waals surface area (Å²) in [7, 11) is 0. The van der Waals surface area contributed by atoms with Crippen LogP contribution in [0.4, 0.5) is 0 Å². The van der Waals surface area contributed by atoms with E-state index in [1.807, 2.05) is 0 Å². The van der Waals surface area contributed by atoms with E-state index in [1.165, 1.54) is 17.5 Å². The van der Waals surface area contributed by atoms with Gasteiger partial charge >= 0.3 is 5.97 Å². The molecule has 1 rings (SSSR count). The largest absolute Gasteiger partial charge is 0.481 e. The summed E-state index contributed by atoms with van der Waals surface area (Å²) in [6, 6.07) is 8.76. The number of aryl methyl sites for hydroxylation is 2. The van der Waals surface area contributed by atoms with Gasteiger partial charge in [0.2, 0.25) is 0 Å². The van der Waals surface area contributed by atoms with Crippen LogP contribution in [0.2, 0.25) is 0 Å². The van der Waals surface area contributed by atoms with E-state index in [0.717, 1.165) is 31.6 Å². The van der Waals surface area contributed by atoms with Gasteiger partial charge in [-0.1, -0.05) is 38.1 Å². The molecule has 0 bridgehead atoms. The third-order valence-corrected chi connectivity index (χ3v) is 3.14. The van der Waals surface area contributed by atoms with Gasteiger partial charge in [-0.3, -0.25) is 4.79 Å². The molecular formula is C16H24O2. The molecule has 0 aliphatic carbocycles. The first-order valence-corrected chi connectivity index (χ1v) is 6.87. The van der Waals surface area contributed by atoms with Gasteiger partial charge in [-0.05, 0) is 49.1 Å². The summed E-state index contributed by atoms with van der Waals surface area (Å²) in [5.74, 6) is 0.0553. The highest BCUT2D eigenvalue weighted by molar-refractivity contribution is 5.66. The maximum Gasteiger partial charge on any atom is 0.303 e. The van der Waals surface area contributed by atoms with Crippen LogP contribution in [0, 0.1) is 5.92 Å². The summed E-state index contributed by atoms with van der Waals surface area (Å²) in [4.78, 5) is 10.4. The first-order chi connectivity index (χ1) is 8.58. The fraction of sp³-hybridized carbons (Fsp3) is 0.562. The minimum Gasteiger partial charge on any atom is -0.481 e. The van der Waals surface area contributed by atoms with Crippen LogP contribution in [-0.4, -0.2) is 11.1 Å². The fourth-order valence-electron chi connectivity index (χ4n) is 1.93. The zero-order valence-electron chi connectivity index (χ0n) is 11.5. The number of benzene rings is 1. The van der Waals surface area contributed by atoms with Crippen molar-refractivity contribution in [1.82, 2.24) is 0 Å². The van der Waals surface area contributed by atoms with Gasteiger partial charge in [0.05, 0.1) is 0 Å². The van der Waals surface area contributed by atoms with Crippen molar-refractivity contribution in [1.29, 1.82) is 0 Å². The molecule has 0 atom stereocenters. The van der Waals surface area contributed by atoms with Crippen LogP contribution in [0.5, 0.6) is 0 Å². The first-order valence-electron chi connectivity index (χ1n) is 6.87. The summed E-state index contributed by atoms with van der Waals surface area (Å²) < 4.78 is 0. The molecule has 0 radical (unpaired) electrons. The lowest BCUT2D eigenvalue weighted by Crippen LogP contribution is -1.95. The lowest BCUT2D eigenvalue weighted by Gasteiger charge is -2.06. The van der Waals surface area contributed by atoms with Crippen molar-refractivity contribution >= 4 is 5.97 Å². The molecule has 18 heavy (non-hydrogen) atoms. The number of rotatable bonds is 8. The summed E-state index contributed by atoms with van der Waals surface area (Å²) >= 11 is 0. The van der Waals surface area contributed by atoms with Crippen LogP contribution in [0.15, 0.2) is 24.3 Å². The van der Waals surface area contributed by atoms with Crippen molar-refractivity contribution in [3.05, 3.63) is 35.4 Å². The molecule has 0 saturated heterocycles. The van der Waals surface area contributed by atoms with Crippen LogP contribution in [0.3, 0.4) is 0 Å². The van der Waals surface area contributed by atoms with Crippen molar-refractivity contribution in [2.24, 2.45) is 5.92 Å². The van der Waals surface area contributed by atoms with Crippen molar-refractivity contribution < 1.29 is 9.90 Å². The smallest absolute Gasteiger partial charge is 0.303 e. The first kappa shape index (κ1) is 14.7. The standard InChI is InChI=1S/C16H24O2/c1-13(2)7-8-15-11-9-14(10-12-15)5-3-4-6-16(17)18/h9-13H,3-8H2,1-2H3,(H,17,18). The third-order valence-electron chi connectivity index (χ3n) is 3.14. The number of unbranched alkanes of at least 4 members (excludes halogenated alkanes) is 1. The number of carboxylic acid groups (broad SMARTS) is 1. The number of carboxylic acids is 1. The Balaban J connectivity index is 2.29. The van der Waals surface area contributed by atoms with E-state index in [9.17, 15) is 4.79 Å². The van der Waals surface area contributed by atoms with Crippen LogP contribution >= 0.6 is 0 Å². The minimum atomic E-state index is -0.695. The highest BCUT2D eigenvalue weighted by Gasteiger charge is 2.00. The highest BCUT2D eigenvalue weighted by atomic mass is 16.4. The second-order valence-electron chi connectivity index (χ2n) is 5.35. The van der Waals surface area contributed by atoms with Crippen LogP contribution < -0.4 is 0 Å². The lowest BCUT2D eigenvalue weighted by molar-refractivity contribution is -0.137. The SMILES string of the molecule is CC(C)CCc1ccc(CCCCC(=O)O)cc1. The molecule has 2 nitrogen and oxygen atoms in total. The predicted molar refractivity (Wildman–Crippen MR) is 74.8 cm³/mol. The van der Waals surface area contributed by atoms with E-state index in [4.69, 9.17) is 5.11 Å². The molecule has 0 saturated carbocycles. The molecule has 0 aliphatic heterocycles. The van der Waals surface area contributed by atoms with Crippen LogP contribution in [-0.2, 0) is 17.6 Å². The Kier molecular flexibility index (Phi) is 6.48. The second kappa shape index (κ2) is 7.91. The second-order valence-corrected chi connectivity index (χ2v) is 5.35. The minimum absolute atomic E-state index is 0.284. The maximum absolute atomic E-state index is 10.4. The summed E-state index contributed by atoms with van der Waals surface area (Å²) in [6.07, 6.45) is 5.38. The van der Waals surface area contributed by atoms with Gasteiger partial charge in [0, 0.05) is 6.42 Å². The monoisotopic (exact) mass is 248 g/mol. The van der Waals surface area contributed by atoms with Crippen LogP contribution in [0.25, 0.3) is 0 Å². The summed E-state index contributed by atoms with van der Waals surface area (Å²) in [6.45, 7) is 4.49. The van der Waals surface area contributed by atoms with Crippen molar-refractivity contribution in [2.45, 2.75) is 52.4 Å². The molecule has 100 valence electrons. The zero-order valence-corrected chi connectivity index (χ0v) is 11.5. The van der Waals surface area contributed by atoms with Gasteiger partial charge in [0.1, 0.15) is 0 Å². The van der Waals surface area contributed by atoms with Gasteiger partial charge < -0.3 is 5.11 Å². The van der Waals surface area contributed by atoms with Gasteiger partial charge in [-0.2, -0.15) is 0 Å². The van der Waals surface area contributed by atoms with Gasteiger partial charge in [0.15, 0.2) is 0 Å². The topological polar surface area (TPSA) is 37.3 Å². The van der Waals surface area contributed by atoms with Crippen molar-refractivity contribution in [2.75, 3.05) is 0 Å². The van der Waals surface area contributed by atoms with E-state index in [-0.39, 0.29) is 6.42 Å². The molecule has 0 fully saturated rings. The average molecular weight is 248 g/mol. The number of hydrogen-bond donors (Lipinski definition) is 1. The quantitative estimate of drug-likeness (QED) is 0.704. The average Bonchev–Trinajstić information content (AvgIpc) is 2.33. The Bertz CT molecular complexity index is 352. The van der Waals surface area contributed by atoms with Crippen LogP contribution in [0.1, 0.15) is 50.7 Å². The Morgan fingerprint density at radius 2 is 1.61 bits per heavy atom. The molecule has 0 amide bonds. The Hall–Kier alpha value is -1.31. The van der Waals surface area contributed by atoms with E-state index in [1.54, 1.807) is 0 Å². The fourth-order valence-corrected chi connectivity index (χ4v) is 1.93. The van der Waals surface area contributed by atoms with Gasteiger partial charge in [0.25, 0.3) is 0 Å². The Morgan fingerprint density at radius 3 is 2.11 bits per heavy atom. The zero-order chi connectivity index (χ0) is 13.4.